The van der Waals surface area contributed by atoms with E-state index in [4.69, 9.17) is 9.73 Å². The Bertz CT molecular complexity index is 422. The van der Waals surface area contributed by atoms with E-state index in [1.54, 1.807) is 0 Å². The van der Waals surface area contributed by atoms with E-state index in [0.717, 1.165) is 70.6 Å². The first-order valence-electron chi connectivity index (χ1n) is 9.21. The average molecular weight is 322 g/mol. The molecule has 0 aromatic carbocycles. The maximum absolute atomic E-state index is 12.4. The number of hydrogen-bond donors (Lipinski definition) is 1. The van der Waals surface area contributed by atoms with Crippen molar-refractivity contribution >= 4 is 11.9 Å². The molecule has 1 amide bonds. The molecule has 3 rings (SSSR count). The van der Waals surface area contributed by atoms with Crippen molar-refractivity contribution in [3.8, 4) is 0 Å². The standard InChI is InChI=1S/C17H30N4O2/c1-2-18-17(19-8-7-14-5-6-14)21-11-9-20(10-12-21)16(22)15-4-3-13-23-15/h14-15H,2-13H2,1H3,(H,18,19). The predicted octanol–water partition coefficient (Wildman–Crippen LogP) is 1.08. The number of ether oxygens (including phenoxy) is 1. The van der Waals surface area contributed by atoms with Crippen molar-refractivity contribution in [1.29, 1.82) is 0 Å². The molecule has 3 aliphatic rings. The second kappa shape index (κ2) is 7.99. The van der Waals surface area contributed by atoms with E-state index < -0.39 is 0 Å². The molecular weight excluding hydrogens is 292 g/mol. The van der Waals surface area contributed by atoms with Crippen molar-refractivity contribution in [2.45, 2.75) is 45.1 Å². The molecule has 0 bridgehead atoms. The third-order valence-corrected chi connectivity index (χ3v) is 4.93. The number of carbonyl (C=O) groups is 1. The minimum atomic E-state index is -0.193. The SMILES string of the molecule is CCNC(=NCCC1CC1)N1CCN(C(=O)C2CCCO2)CC1. The van der Waals surface area contributed by atoms with Gasteiger partial charge in [-0.3, -0.25) is 9.79 Å². The number of nitrogens with one attached hydrogen (secondary N) is 1. The fourth-order valence-electron chi connectivity index (χ4n) is 3.30. The zero-order valence-corrected chi connectivity index (χ0v) is 14.3. The molecule has 0 aromatic rings. The Morgan fingerprint density at radius 3 is 2.52 bits per heavy atom. The predicted molar refractivity (Wildman–Crippen MR) is 90.4 cm³/mol. The molecule has 1 N–H and O–H groups in total. The summed E-state index contributed by atoms with van der Waals surface area (Å²) in [6.07, 6.45) is 5.68. The van der Waals surface area contributed by atoms with Crippen molar-refractivity contribution in [2.24, 2.45) is 10.9 Å². The van der Waals surface area contributed by atoms with Crippen molar-refractivity contribution in [1.82, 2.24) is 15.1 Å². The van der Waals surface area contributed by atoms with Crippen molar-refractivity contribution in [2.75, 3.05) is 45.9 Å². The molecule has 6 nitrogen and oxygen atoms in total. The summed E-state index contributed by atoms with van der Waals surface area (Å²) in [7, 11) is 0. The molecule has 1 atom stereocenters. The number of nitrogens with zero attached hydrogens (tertiary/aromatic N) is 3. The minimum Gasteiger partial charge on any atom is -0.368 e. The topological polar surface area (TPSA) is 57.2 Å². The highest BCUT2D eigenvalue weighted by Crippen LogP contribution is 2.32. The lowest BCUT2D eigenvalue weighted by atomic mass is 10.2. The third kappa shape index (κ3) is 4.59. The van der Waals surface area contributed by atoms with Gasteiger partial charge in [-0.05, 0) is 32.1 Å². The Morgan fingerprint density at radius 2 is 1.91 bits per heavy atom. The minimum absolute atomic E-state index is 0.179. The fraction of sp³-hybridized carbons (Fsp3) is 0.882. The van der Waals surface area contributed by atoms with E-state index in [1.165, 1.54) is 19.3 Å². The lowest BCUT2D eigenvalue weighted by Crippen LogP contribution is -2.55. The van der Waals surface area contributed by atoms with E-state index in [2.05, 4.69) is 17.1 Å². The Labute approximate surface area is 139 Å². The van der Waals surface area contributed by atoms with Crippen LogP contribution in [0.4, 0.5) is 0 Å². The first-order chi connectivity index (χ1) is 11.3. The smallest absolute Gasteiger partial charge is 0.251 e. The highest BCUT2D eigenvalue weighted by molar-refractivity contribution is 5.82. The van der Waals surface area contributed by atoms with Gasteiger partial charge in [0.05, 0.1) is 0 Å². The molecule has 2 heterocycles. The van der Waals surface area contributed by atoms with Crippen LogP contribution in [0.2, 0.25) is 0 Å². The van der Waals surface area contributed by atoms with Gasteiger partial charge in [0.1, 0.15) is 6.10 Å². The number of carbonyl (C=O) groups excluding carboxylic acids is 1. The number of amides is 1. The van der Waals surface area contributed by atoms with Gasteiger partial charge in [0.15, 0.2) is 5.96 Å². The summed E-state index contributed by atoms with van der Waals surface area (Å²) in [5.41, 5.74) is 0. The zero-order valence-electron chi connectivity index (χ0n) is 14.3. The quantitative estimate of drug-likeness (QED) is 0.608. The molecule has 1 aliphatic carbocycles. The molecule has 1 saturated carbocycles. The average Bonchev–Trinajstić information content (AvgIpc) is 3.24. The van der Waals surface area contributed by atoms with Gasteiger partial charge in [-0.15, -0.1) is 0 Å². The number of aliphatic imine (C=N–C) groups is 1. The van der Waals surface area contributed by atoms with Crippen LogP contribution < -0.4 is 5.32 Å². The summed E-state index contributed by atoms with van der Waals surface area (Å²) in [5, 5.41) is 3.39. The van der Waals surface area contributed by atoms with Crippen molar-refractivity contribution in [3.05, 3.63) is 0 Å². The van der Waals surface area contributed by atoms with E-state index in [0.29, 0.717) is 0 Å². The molecule has 0 spiro atoms. The Balaban J connectivity index is 1.47. The normalized spacial score (nSPS) is 25.8. The van der Waals surface area contributed by atoms with Crippen LogP contribution in [0.5, 0.6) is 0 Å². The van der Waals surface area contributed by atoms with Gasteiger partial charge in [0.25, 0.3) is 5.91 Å². The van der Waals surface area contributed by atoms with Crippen LogP contribution in [0.1, 0.15) is 39.0 Å². The van der Waals surface area contributed by atoms with Crippen LogP contribution in [0.3, 0.4) is 0 Å². The molecule has 0 radical (unpaired) electrons. The summed E-state index contributed by atoms with van der Waals surface area (Å²) in [6.45, 7) is 7.89. The lowest BCUT2D eigenvalue weighted by molar-refractivity contribution is -0.142. The number of rotatable bonds is 5. The highest BCUT2D eigenvalue weighted by atomic mass is 16.5. The molecule has 2 aliphatic heterocycles. The summed E-state index contributed by atoms with van der Waals surface area (Å²) in [5.74, 6) is 2.11. The van der Waals surface area contributed by atoms with Crippen molar-refractivity contribution < 1.29 is 9.53 Å². The van der Waals surface area contributed by atoms with Gasteiger partial charge in [-0.25, -0.2) is 0 Å². The maximum atomic E-state index is 12.4. The highest BCUT2D eigenvalue weighted by Gasteiger charge is 2.31. The first-order valence-corrected chi connectivity index (χ1v) is 9.21. The van der Waals surface area contributed by atoms with Gasteiger partial charge < -0.3 is 19.9 Å². The summed E-state index contributed by atoms with van der Waals surface area (Å²) >= 11 is 0. The molecular formula is C17H30N4O2. The first kappa shape index (κ1) is 16.6. The fourth-order valence-corrected chi connectivity index (χ4v) is 3.30. The summed E-state index contributed by atoms with van der Waals surface area (Å²) < 4.78 is 5.52. The van der Waals surface area contributed by atoms with Crippen LogP contribution >= 0.6 is 0 Å². The molecule has 1 unspecified atom stereocenters. The van der Waals surface area contributed by atoms with Crippen LogP contribution in [0.15, 0.2) is 4.99 Å². The number of hydrogen-bond acceptors (Lipinski definition) is 3. The number of piperazine rings is 1. The molecule has 6 heteroatoms. The van der Waals surface area contributed by atoms with Crippen molar-refractivity contribution in [3.63, 3.8) is 0 Å². The van der Waals surface area contributed by atoms with Crippen LogP contribution in [0.25, 0.3) is 0 Å². The Kier molecular flexibility index (Phi) is 5.75. The molecule has 0 aromatic heterocycles. The van der Waals surface area contributed by atoms with Gasteiger partial charge >= 0.3 is 0 Å². The van der Waals surface area contributed by atoms with Crippen LogP contribution in [-0.2, 0) is 9.53 Å². The van der Waals surface area contributed by atoms with E-state index in [9.17, 15) is 4.79 Å². The maximum Gasteiger partial charge on any atom is 0.251 e. The third-order valence-electron chi connectivity index (χ3n) is 4.93. The largest absolute Gasteiger partial charge is 0.368 e. The number of guanidine groups is 1. The molecule has 23 heavy (non-hydrogen) atoms. The van der Waals surface area contributed by atoms with E-state index in [1.807, 2.05) is 4.90 Å². The van der Waals surface area contributed by atoms with Gasteiger partial charge in [-0.1, -0.05) is 12.8 Å². The summed E-state index contributed by atoms with van der Waals surface area (Å²) in [6, 6.07) is 0. The second-order valence-electron chi connectivity index (χ2n) is 6.78. The molecule has 3 fully saturated rings. The zero-order chi connectivity index (χ0) is 16.1. The monoisotopic (exact) mass is 322 g/mol. The van der Waals surface area contributed by atoms with Crippen LogP contribution in [-0.4, -0.2) is 73.6 Å². The lowest BCUT2D eigenvalue weighted by Gasteiger charge is -2.37. The van der Waals surface area contributed by atoms with E-state index in [-0.39, 0.29) is 12.0 Å². The van der Waals surface area contributed by atoms with Gasteiger partial charge in [-0.2, -0.15) is 0 Å². The second-order valence-corrected chi connectivity index (χ2v) is 6.78. The molecule has 130 valence electrons. The Hall–Kier alpha value is -1.30. The van der Waals surface area contributed by atoms with Gasteiger partial charge in [0.2, 0.25) is 0 Å². The van der Waals surface area contributed by atoms with Crippen LogP contribution in [0, 0.1) is 5.92 Å². The van der Waals surface area contributed by atoms with E-state index >= 15 is 0 Å². The summed E-state index contributed by atoms with van der Waals surface area (Å²) in [4.78, 5) is 21.4. The van der Waals surface area contributed by atoms with Gasteiger partial charge in [0, 0.05) is 45.9 Å². The molecule has 2 saturated heterocycles. The Morgan fingerprint density at radius 1 is 1.17 bits per heavy atom.